The molecule has 1 amide bonds. The van der Waals surface area contributed by atoms with Crippen LogP contribution in [0.2, 0.25) is 0 Å². The van der Waals surface area contributed by atoms with Gasteiger partial charge in [-0.15, -0.1) is 0 Å². The molecule has 4 N–H and O–H groups in total. The van der Waals surface area contributed by atoms with E-state index in [1.54, 1.807) is 0 Å². The van der Waals surface area contributed by atoms with Crippen LogP contribution in [0.5, 0.6) is 0 Å². The number of nitrogens with zero attached hydrogens (tertiary/aromatic N) is 2. The monoisotopic (exact) mass is 325 g/mol. The van der Waals surface area contributed by atoms with Gasteiger partial charge in [-0.25, -0.2) is 0 Å². The number of nitrogen functional groups attached to an aromatic ring is 1. The fourth-order valence-electron chi connectivity index (χ4n) is 4.09. The van der Waals surface area contributed by atoms with Crippen molar-refractivity contribution in [1.82, 2.24) is 20.4 Å². The minimum atomic E-state index is 0.00373. The van der Waals surface area contributed by atoms with Crippen molar-refractivity contribution < 1.29 is 4.79 Å². The molecule has 4 rings (SSSR count). The van der Waals surface area contributed by atoms with Crippen LogP contribution in [0.25, 0.3) is 11.1 Å². The Balaban J connectivity index is 1.63. The van der Waals surface area contributed by atoms with Gasteiger partial charge in [0.2, 0.25) is 0 Å². The van der Waals surface area contributed by atoms with E-state index in [4.69, 9.17) is 5.73 Å². The second-order valence-electron chi connectivity index (χ2n) is 6.98. The first-order valence-corrected chi connectivity index (χ1v) is 8.58. The van der Waals surface area contributed by atoms with Crippen LogP contribution in [0.1, 0.15) is 29.8 Å². The van der Waals surface area contributed by atoms with Crippen LogP contribution in [0.3, 0.4) is 0 Å². The van der Waals surface area contributed by atoms with Gasteiger partial charge in [-0.1, -0.05) is 30.3 Å². The molecule has 3 heterocycles. The molecular formula is C18H23N5O. The van der Waals surface area contributed by atoms with E-state index in [0.717, 1.165) is 44.6 Å². The first-order valence-electron chi connectivity index (χ1n) is 8.58. The lowest BCUT2D eigenvalue weighted by atomic mass is 9.79. The number of likely N-dealkylation sites (tertiary alicyclic amines) is 1. The van der Waals surface area contributed by atoms with Gasteiger partial charge in [0.1, 0.15) is 5.69 Å². The van der Waals surface area contributed by atoms with Crippen molar-refractivity contribution in [3.63, 3.8) is 0 Å². The van der Waals surface area contributed by atoms with E-state index in [1.807, 2.05) is 35.2 Å². The Kier molecular flexibility index (Phi) is 3.76. The van der Waals surface area contributed by atoms with Gasteiger partial charge in [-0.3, -0.25) is 9.89 Å². The van der Waals surface area contributed by atoms with Crippen LogP contribution in [-0.2, 0) is 0 Å². The highest BCUT2D eigenvalue weighted by molar-refractivity contribution is 6.01. The Morgan fingerprint density at radius 2 is 2.08 bits per heavy atom. The van der Waals surface area contributed by atoms with Crippen LogP contribution in [0.4, 0.5) is 5.82 Å². The minimum absolute atomic E-state index is 0.00373. The zero-order chi connectivity index (χ0) is 16.6. The Bertz CT molecular complexity index is 733. The molecular weight excluding hydrogens is 302 g/mol. The number of carbonyl (C=O) groups excluding carboxylic acids is 1. The molecule has 0 radical (unpaired) electrons. The number of H-pyrrole nitrogens is 1. The predicted molar refractivity (Wildman–Crippen MR) is 93.5 cm³/mol. The molecule has 6 heteroatoms. The highest BCUT2D eigenvalue weighted by Gasteiger charge is 2.40. The third-order valence-electron chi connectivity index (χ3n) is 5.35. The van der Waals surface area contributed by atoms with E-state index in [-0.39, 0.29) is 11.3 Å². The smallest absolute Gasteiger partial charge is 0.272 e. The molecule has 1 aromatic heterocycles. The number of amides is 1. The van der Waals surface area contributed by atoms with E-state index in [0.29, 0.717) is 17.1 Å². The lowest BCUT2D eigenvalue weighted by molar-refractivity contribution is 0.0548. The normalized spacial score (nSPS) is 23.8. The maximum atomic E-state index is 13.1. The lowest BCUT2D eigenvalue weighted by Crippen LogP contribution is -2.47. The number of rotatable bonds is 2. The van der Waals surface area contributed by atoms with Crippen LogP contribution in [-0.4, -0.2) is 47.2 Å². The molecule has 1 spiro atoms. The van der Waals surface area contributed by atoms with Crippen molar-refractivity contribution in [1.29, 1.82) is 0 Å². The Morgan fingerprint density at radius 3 is 2.83 bits per heavy atom. The minimum Gasteiger partial charge on any atom is -0.382 e. The fraction of sp³-hybridized carbons (Fsp3) is 0.444. The number of nitrogens with two attached hydrogens (primary N) is 1. The molecule has 6 nitrogen and oxygen atoms in total. The quantitative estimate of drug-likeness (QED) is 0.787. The maximum Gasteiger partial charge on any atom is 0.272 e. The van der Waals surface area contributed by atoms with Gasteiger partial charge < -0.3 is 16.0 Å². The SMILES string of the molecule is Nc1n[nH]c(C(=O)N2CCCC3(CCNC3)C2)c1-c1ccccc1. The van der Waals surface area contributed by atoms with Gasteiger partial charge in [0, 0.05) is 25.0 Å². The first-order chi connectivity index (χ1) is 11.7. The second kappa shape index (κ2) is 5.94. The molecule has 0 bridgehead atoms. The Morgan fingerprint density at radius 1 is 1.25 bits per heavy atom. The standard InChI is InChI=1S/C18H23N5O/c19-16-14(13-5-2-1-3-6-13)15(21-22-16)17(24)23-10-4-7-18(12-23)8-9-20-11-18/h1-3,5-6,20H,4,7-12H2,(H3,19,21,22). The van der Waals surface area contributed by atoms with Gasteiger partial charge in [0.05, 0.1) is 5.56 Å². The molecule has 2 aliphatic heterocycles. The Hall–Kier alpha value is -2.34. The summed E-state index contributed by atoms with van der Waals surface area (Å²) < 4.78 is 0. The number of benzene rings is 1. The van der Waals surface area contributed by atoms with Gasteiger partial charge >= 0.3 is 0 Å². The van der Waals surface area contributed by atoms with Crippen LogP contribution in [0.15, 0.2) is 30.3 Å². The van der Waals surface area contributed by atoms with Gasteiger partial charge in [0.25, 0.3) is 5.91 Å². The summed E-state index contributed by atoms with van der Waals surface area (Å²) in [7, 11) is 0. The summed E-state index contributed by atoms with van der Waals surface area (Å²) in [5.74, 6) is 0.378. The fourth-order valence-corrected chi connectivity index (χ4v) is 4.09. The molecule has 126 valence electrons. The highest BCUT2D eigenvalue weighted by atomic mass is 16.2. The largest absolute Gasteiger partial charge is 0.382 e. The van der Waals surface area contributed by atoms with Crippen molar-refractivity contribution in [2.45, 2.75) is 19.3 Å². The number of carbonyl (C=O) groups is 1. The summed E-state index contributed by atoms with van der Waals surface area (Å²) in [5.41, 5.74) is 8.41. The summed E-state index contributed by atoms with van der Waals surface area (Å²) in [4.78, 5) is 15.1. The van der Waals surface area contributed by atoms with Crippen LogP contribution >= 0.6 is 0 Å². The van der Waals surface area contributed by atoms with Crippen molar-refractivity contribution in [3.05, 3.63) is 36.0 Å². The summed E-state index contributed by atoms with van der Waals surface area (Å²) in [6.45, 7) is 3.67. The van der Waals surface area contributed by atoms with Gasteiger partial charge in [0.15, 0.2) is 5.82 Å². The van der Waals surface area contributed by atoms with Gasteiger partial charge in [-0.2, -0.15) is 5.10 Å². The Labute approximate surface area is 141 Å². The van der Waals surface area contributed by atoms with Crippen LogP contribution < -0.4 is 11.1 Å². The van der Waals surface area contributed by atoms with Crippen molar-refractivity contribution in [2.75, 3.05) is 31.9 Å². The molecule has 1 unspecified atom stereocenters. The zero-order valence-corrected chi connectivity index (χ0v) is 13.7. The van der Waals surface area contributed by atoms with E-state index < -0.39 is 0 Å². The second-order valence-corrected chi connectivity index (χ2v) is 6.98. The zero-order valence-electron chi connectivity index (χ0n) is 13.7. The number of piperidine rings is 1. The molecule has 24 heavy (non-hydrogen) atoms. The van der Waals surface area contributed by atoms with E-state index >= 15 is 0 Å². The molecule has 0 aliphatic carbocycles. The molecule has 2 saturated heterocycles. The predicted octanol–water partition coefficient (Wildman–Crippen LogP) is 1.87. The van der Waals surface area contributed by atoms with Gasteiger partial charge in [-0.05, 0) is 31.4 Å². The maximum absolute atomic E-state index is 13.1. The van der Waals surface area contributed by atoms with E-state index in [2.05, 4.69) is 15.5 Å². The van der Waals surface area contributed by atoms with E-state index in [1.165, 1.54) is 6.42 Å². The summed E-state index contributed by atoms with van der Waals surface area (Å²) >= 11 is 0. The molecule has 2 aromatic rings. The lowest BCUT2D eigenvalue weighted by Gasteiger charge is -2.39. The van der Waals surface area contributed by atoms with E-state index in [9.17, 15) is 4.79 Å². The summed E-state index contributed by atoms with van der Waals surface area (Å²) in [6.07, 6.45) is 3.39. The van der Waals surface area contributed by atoms with Crippen LogP contribution in [0, 0.1) is 5.41 Å². The average Bonchev–Trinajstić information content (AvgIpc) is 3.22. The number of aromatic nitrogens is 2. The number of nitrogens with one attached hydrogen (secondary N) is 2. The summed E-state index contributed by atoms with van der Waals surface area (Å²) in [6, 6.07) is 9.74. The molecule has 2 aliphatic rings. The number of hydrogen-bond donors (Lipinski definition) is 3. The molecule has 1 atom stereocenters. The molecule has 1 aromatic carbocycles. The topological polar surface area (TPSA) is 87.0 Å². The number of hydrogen-bond acceptors (Lipinski definition) is 4. The summed E-state index contributed by atoms with van der Waals surface area (Å²) in [5, 5.41) is 10.4. The number of aromatic amines is 1. The van der Waals surface area contributed by atoms with Crippen molar-refractivity contribution in [2.24, 2.45) is 5.41 Å². The highest BCUT2D eigenvalue weighted by Crippen LogP contribution is 2.37. The third-order valence-corrected chi connectivity index (χ3v) is 5.35. The van der Waals surface area contributed by atoms with Crippen molar-refractivity contribution >= 4 is 11.7 Å². The number of anilines is 1. The molecule has 2 fully saturated rings. The van der Waals surface area contributed by atoms with Crippen molar-refractivity contribution in [3.8, 4) is 11.1 Å². The average molecular weight is 325 g/mol. The third kappa shape index (κ3) is 2.57. The first kappa shape index (κ1) is 15.2. The molecule has 0 saturated carbocycles.